The first-order chi connectivity index (χ1) is 8.81. The van der Waals surface area contributed by atoms with Crippen LogP contribution in [0.15, 0.2) is 59.9 Å². The fourth-order valence-corrected chi connectivity index (χ4v) is 1.68. The van der Waals surface area contributed by atoms with E-state index in [4.69, 9.17) is 0 Å². The molecule has 0 amide bonds. The molecule has 1 aromatic heterocycles. The highest BCUT2D eigenvalue weighted by Gasteiger charge is 2.07. The molecule has 2 aromatic rings. The highest BCUT2D eigenvalue weighted by Crippen LogP contribution is 2.17. The van der Waals surface area contributed by atoms with Crippen LogP contribution in [-0.4, -0.2) is 10.7 Å². The van der Waals surface area contributed by atoms with Crippen LogP contribution in [0.5, 0.6) is 0 Å². The maximum atomic E-state index is 9.17. The molecule has 0 unspecified atom stereocenters. The first-order valence-corrected chi connectivity index (χ1v) is 5.74. The summed E-state index contributed by atoms with van der Waals surface area (Å²) in [5.41, 5.74) is 2.34. The highest BCUT2D eigenvalue weighted by atomic mass is 14.8. The molecule has 0 aliphatic heterocycles. The average molecular weight is 235 g/mol. The minimum Gasteiger partial charge on any atom is -0.266 e. The Morgan fingerprint density at radius 1 is 1.17 bits per heavy atom. The molecule has 1 heterocycles. The molecule has 0 N–H and O–H groups in total. The first kappa shape index (κ1) is 12.0. The lowest BCUT2D eigenvalue weighted by molar-refractivity contribution is 0.822. The van der Waals surface area contributed by atoms with E-state index < -0.39 is 0 Å². The third-order valence-corrected chi connectivity index (χ3v) is 2.66. The van der Waals surface area contributed by atoms with E-state index in [1.165, 1.54) is 0 Å². The van der Waals surface area contributed by atoms with Gasteiger partial charge in [-0.3, -0.25) is 9.98 Å². The molecule has 3 heteroatoms. The van der Waals surface area contributed by atoms with Crippen molar-refractivity contribution in [2.24, 2.45) is 4.99 Å². The van der Waals surface area contributed by atoms with Gasteiger partial charge < -0.3 is 0 Å². The Hall–Kier alpha value is -2.47. The molecule has 0 radical (unpaired) electrons. The van der Waals surface area contributed by atoms with E-state index in [1.807, 2.05) is 37.3 Å². The zero-order valence-corrected chi connectivity index (χ0v) is 10.1. The van der Waals surface area contributed by atoms with E-state index >= 15 is 0 Å². The third kappa shape index (κ3) is 2.80. The summed E-state index contributed by atoms with van der Waals surface area (Å²) < 4.78 is 0. The Morgan fingerprint density at radius 2 is 1.83 bits per heavy atom. The number of nitriles is 1. The predicted molar refractivity (Wildman–Crippen MR) is 71.2 cm³/mol. The lowest BCUT2D eigenvalue weighted by atomic mass is 10.1. The largest absolute Gasteiger partial charge is 0.266 e. The van der Waals surface area contributed by atoms with E-state index in [9.17, 15) is 5.26 Å². The Kier molecular flexibility index (Phi) is 3.83. The standard InChI is InChI=1S/C15H13N3/c1-12(13-5-3-2-4-6-13)18-15(11-16)14-7-9-17-10-8-14/h2-10,12H,1H3/t12-/m1/s1. The average Bonchev–Trinajstić information content (AvgIpc) is 2.46. The molecular weight excluding hydrogens is 222 g/mol. The van der Waals surface area contributed by atoms with E-state index in [2.05, 4.69) is 16.0 Å². The Bertz CT molecular complexity index is 568. The molecule has 2 rings (SSSR count). The van der Waals surface area contributed by atoms with Crippen molar-refractivity contribution in [2.45, 2.75) is 13.0 Å². The van der Waals surface area contributed by atoms with E-state index in [0.717, 1.165) is 11.1 Å². The fourth-order valence-electron chi connectivity index (χ4n) is 1.68. The summed E-state index contributed by atoms with van der Waals surface area (Å²) in [6.07, 6.45) is 3.32. The Morgan fingerprint density at radius 3 is 2.44 bits per heavy atom. The molecule has 1 atom stereocenters. The van der Waals surface area contributed by atoms with Gasteiger partial charge in [-0.15, -0.1) is 0 Å². The maximum Gasteiger partial charge on any atom is 0.143 e. The van der Waals surface area contributed by atoms with Gasteiger partial charge in [0.15, 0.2) is 0 Å². The van der Waals surface area contributed by atoms with Gasteiger partial charge in [0.25, 0.3) is 0 Å². The van der Waals surface area contributed by atoms with Gasteiger partial charge in [-0.1, -0.05) is 30.3 Å². The first-order valence-electron chi connectivity index (χ1n) is 5.74. The van der Waals surface area contributed by atoms with Crippen LogP contribution in [0, 0.1) is 11.3 Å². The van der Waals surface area contributed by atoms with Crippen molar-refractivity contribution in [3.63, 3.8) is 0 Å². The van der Waals surface area contributed by atoms with E-state index in [-0.39, 0.29) is 6.04 Å². The van der Waals surface area contributed by atoms with Crippen LogP contribution in [0.1, 0.15) is 24.1 Å². The number of rotatable bonds is 3. The molecular formula is C15H13N3. The molecule has 0 bridgehead atoms. The summed E-state index contributed by atoms with van der Waals surface area (Å²) in [5.74, 6) is 0. The molecule has 0 fully saturated rings. The van der Waals surface area contributed by atoms with Gasteiger partial charge in [-0.2, -0.15) is 5.26 Å². The van der Waals surface area contributed by atoms with Crippen molar-refractivity contribution in [3.8, 4) is 6.07 Å². The highest BCUT2D eigenvalue weighted by molar-refractivity contribution is 6.11. The lowest BCUT2D eigenvalue weighted by Gasteiger charge is -2.07. The minimum atomic E-state index is -0.0333. The van der Waals surface area contributed by atoms with Gasteiger partial charge in [-0.05, 0) is 24.6 Å². The summed E-state index contributed by atoms with van der Waals surface area (Å²) in [6.45, 7) is 1.98. The number of hydrogen-bond acceptors (Lipinski definition) is 3. The Labute approximate surface area is 106 Å². The van der Waals surface area contributed by atoms with Crippen LogP contribution >= 0.6 is 0 Å². The molecule has 0 spiro atoms. The van der Waals surface area contributed by atoms with Gasteiger partial charge in [0.1, 0.15) is 11.8 Å². The summed E-state index contributed by atoms with van der Waals surface area (Å²) in [5, 5.41) is 9.17. The molecule has 0 saturated heterocycles. The molecule has 0 aliphatic carbocycles. The quantitative estimate of drug-likeness (QED) is 0.767. The summed E-state index contributed by atoms with van der Waals surface area (Å²) >= 11 is 0. The van der Waals surface area contributed by atoms with Gasteiger partial charge in [0.05, 0.1) is 6.04 Å². The maximum absolute atomic E-state index is 9.17. The SMILES string of the molecule is C[C@@H](N=C(C#N)c1ccncc1)c1ccccc1. The van der Waals surface area contributed by atoms with Gasteiger partial charge >= 0.3 is 0 Å². The Balaban J connectivity index is 2.29. The number of hydrogen-bond donors (Lipinski definition) is 0. The van der Waals surface area contributed by atoms with Crippen molar-refractivity contribution in [2.75, 3.05) is 0 Å². The molecule has 1 aromatic carbocycles. The zero-order chi connectivity index (χ0) is 12.8. The molecule has 88 valence electrons. The van der Waals surface area contributed by atoms with Gasteiger partial charge in [0, 0.05) is 18.0 Å². The summed E-state index contributed by atoms with van der Waals surface area (Å²) in [4.78, 5) is 8.40. The minimum absolute atomic E-state index is 0.0333. The second-order valence-electron chi connectivity index (χ2n) is 3.91. The van der Waals surface area contributed by atoms with Crippen LogP contribution in [0.2, 0.25) is 0 Å². The molecule has 3 nitrogen and oxygen atoms in total. The fraction of sp³-hybridized carbons (Fsp3) is 0.133. The van der Waals surface area contributed by atoms with Crippen LogP contribution in [0.3, 0.4) is 0 Å². The number of pyridine rings is 1. The smallest absolute Gasteiger partial charge is 0.143 e. The number of aliphatic imine (C=N–C) groups is 1. The van der Waals surface area contributed by atoms with Crippen LogP contribution in [0.25, 0.3) is 0 Å². The molecule has 0 saturated carbocycles. The molecule has 0 aliphatic rings. The number of aromatic nitrogens is 1. The zero-order valence-electron chi connectivity index (χ0n) is 10.1. The van der Waals surface area contributed by atoms with Crippen LogP contribution in [-0.2, 0) is 0 Å². The van der Waals surface area contributed by atoms with E-state index in [0.29, 0.717) is 5.71 Å². The van der Waals surface area contributed by atoms with Crippen molar-refractivity contribution in [3.05, 3.63) is 66.0 Å². The van der Waals surface area contributed by atoms with Crippen molar-refractivity contribution < 1.29 is 0 Å². The number of nitrogens with zero attached hydrogens (tertiary/aromatic N) is 3. The topological polar surface area (TPSA) is 49.0 Å². The molecule has 18 heavy (non-hydrogen) atoms. The summed E-state index contributed by atoms with van der Waals surface area (Å²) in [7, 11) is 0. The second kappa shape index (κ2) is 5.74. The normalized spacial score (nSPS) is 12.8. The predicted octanol–water partition coefficient (Wildman–Crippen LogP) is 3.16. The van der Waals surface area contributed by atoms with E-state index in [1.54, 1.807) is 24.5 Å². The monoisotopic (exact) mass is 235 g/mol. The van der Waals surface area contributed by atoms with Crippen LogP contribution in [0.4, 0.5) is 0 Å². The van der Waals surface area contributed by atoms with Gasteiger partial charge in [-0.25, -0.2) is 0 Å². The number of benzene rings is 1. The summed E-state index contributed by atoms with van der Waals surface area (Å²) in [6, 6.07) is 15.6. The van der Waals surface area contributed by atoms with Crippen molar-refractivity contribution in [1.82, 2.24) is 4.98 Å². The van der Waals surface area contributed by atoms with Crippen LogP contribution < -0.4 is 0 Å². The second-order valence-corrected chi connectivity index (χ2v) is 3.91. The van der Waals surface area contributed by atoms with Crippen molar-refractivity contribution in [1.29, 1.82) is 5.26 Å². The van der Waals surface area contributed by atoms with Gasteiger partial charge in [0.2, 0.25) is 0 Å². The third-order valence-electron chi connectivity index (χ3n) is 2.66. The lowest BCUT2D eigenvalue weighted by Crippen LogP contribution is -2.01. The van der Waals surface area contributed by atoms with Crippen molar-refractivity contribution >= 4 is 5.71 Å².